The summed E-state index contributed by atoms with van der Waals surface area (Å²) in [6.07, 6.45) is -2.35. The molecule has 1 aliphatic heterocycles. The second-order valence-corrected chi connectivity index (χ2v) is 8.20. The Hall–Kier alpha value is -3.96. The molecule has 1 aromatic heterocycles. The lowest BCUT2D eigenvalue weighted by Crippen LogP contribution is -2.36. The van der Waals surface area contributed by atoms with Gasteiger partial charge in [0.25, 0.3) is 17.4 Å². The van der Waals surface area contributed by atoms with Gasteiger partial charge in [0.15, 0.2) is 0 Å². The van der Waals surface area contributed by atoms with Crippen LogP contribution < -0.4 is 16.3 Å². The molecule has 1 atom stereocenters. The summed E-state index contributed by atoms with van der Waals surface area (Å²) in [5, 5.41) is 6.24. The maximum absolute atomic E-state index is 13.3. The van der Waals surface area contributed by atoms with Gasteiger partial charge in [-0.25, -0.2) is 5.43 Å². The van der Waals surface area contributed by atoms with E-state index in [0.29, 0.717) is 12.8 Å². The molecule has 1 unspecified atom stereocenters. The first kappa shape index (κ1) is 25.7. The lowest BCUT2D eigenvalue weighted by molar-refractivity contribution is -0.137. The van der Waals surface area contributed by atoms with Crippen LogP contribution in [0.15, 0.2) is 40.2 Å². The van der Waals surface area contributed by atoms with Crippen molar-refractivity contribution in [3.05, 3.63) is 63.1 Å². The van der Waals surface area contributed by atoms with Gasteiger partial charge < -0.3 is 10.2 Å². The van der Waals surface area contributed by atoms with Crippen molar-refractivity contribution in [3.63, 3.8) is 0 Å². The molecule has 3 rings (SSSR count). The highest BCUT2D eigenvalue weighted by molar-refractivity contribution is 6.00. The zero-order valence-corrected chi connectivity index (χ0v) is 19.3. The van der Waals surface area contributed by atoms with Crippen molar-refractivity contribution in [2.45, 2.75) is 25.9 Å². The highest BCUT2D eigenvalue weighted by Crippen LogP contribution is 2.30. The van der Waals surface area contributed by atoms with Gasteiger partial charge in [0.05, 0.1) is 17.0 Å². The second kappa shape index (κ2) is 10.1. The largest absolute Gasteiger partial charge is 0.416 e. The molecule has 2 aromatic rings. The van der Waals surface area contributed by atoms with E-state index >= 15 is 0 Å². The zero-order chi connectivity index (χ0) is 25.9. The number of pyridine rings is 1. The Morgan fingerprint density at radius 3 is 2.49 bits per heavy atom. The summed E-state index contributed by atoms with van der Waals surface area (Å²) in [5.41, 5.74) is 0.0429. The first-order chi connectivity index (χ1) is 16.4. The van der Waals surface area contributed by atoms with Gasteiger partial charge in [-0.05, 0) is 44.0 Å². The van der Waals surface area contributed by atoms with Crippen LogP contribution in [0.4, 0.5) is 13.2 Å². The summed E-state index contributed by atoms with van der Waals surface area (Å²) in [7, 11) is 2.95. The molecule has 0 radical (unpaired) electrons. The Kier molecular flexibility index (Phi) is 7.42. The van der Waals surface area contributed by atoms with Crippen LogP contribution in [-0.4, -0.2) is 54.0 Å². The average molecular weight is 491 g/mol. The number of aromatic nitrogens is 1. The number of amides is 3. The number of benzene rings is 1. The topological polar surface area (TPSA) is 113 Å². The fourth-order valence-corrected chi connectivity index (χ4v) is 3.62. The summed E-state index contributed by atoms with van der Waals surface area (Å²) in [5.74, 6) is -1.96. The summed E-state index contributed by atoms with van der Waals surface area (Å²) in [6.45, 7) is 1.55. The van der Waals surface area contributed by atoms with Crippen LogP contribution >= 0.6 is 0 Å². The molecule has 1 aromatic carbocycles. The van der Waals surface area contributed by atoms with Crippen LogP contribution in [0.2, 0.25) is 0 Å². The number of halogens is 3. The maximum Gasteiger partial charge on any atom is 0.416 e. The Balaban J connectivity index is 1.97. The molecule has 0 saturated carbocycles. The van der Waals surface area contributed by atoms with Crippen LogP contribution in [0, 0.1) is 12.8 Å². The number of nitrogens with zero attached hydrogens (tertiary/aromatic N) is 3. The van der Waals surface area contributed by atoms with Gasteiger partial charge in [0.2, 0.25) is 5.91 Å². The van der Waals surface area contributed by atoms with E-state index in [4.69, 9.17) is 0 Å². The first-order valence-corrected chi connectivity index (χ1v) is 10.7. The molecule has 1 aliphatic rings. The molecule has 0 spiro atoms. The number of rotatable bonds is 7. The lowest BCUT2D eigenvalue weighted by Gasteiger charge is -2.19. The van der Waals surface area contributed by atoms with Crippen molar-refractivity contribution in [1.29, 1.82) is 0 Å². The third kappa shape index (κ3) is 5.58. The van der Waals surface area contributed by atoms with Gasteiger partial charge in [0, 0.05) is 38.2 Å². The van der Waals surface area contributed by atoms with Gasteiger partial charge in [-0.15, -0.1) is 0 Å². The molecule has 0 bridgehead atoms. The van der Waals surface area contributed by atoms with Crippen molar-refractivity contribution >= 4 is 23.9 Å². The molecule has 3 amide bonds. The van der Waals surface area contributed by atoms with Crippen LogP contribution in [0.3, 0.4) is 0 Å². The van der Waals surface area contributed by atoms with E-state index in [0.717, 1.165) is 28.8 Å². The normalized spacial score (nSPS) is 15.1. The van der Waals surface area contributed by atoms with Crippen molar-refractivity contribution in [1.82, 2.24) is 20.2 Å². The fourth-order valence-electron chi connectivity index (χ4n) is 3.62. The maximum atomic E-state index is 13.3. The van der Waals surface area contributed by atoms with E-state index in [1.807, 2.05) is 0 Å². The van der Waals surface area contributed by atoms with Crippen molar-refractivity contribution in [3.8, 4) is 5.69 Å². The Bertz CT molecular complexity index is 1250. The zero-order valence-electron chi connectivity index (χ0n) is 19.3. The van der Waals surface area contributed by atoms with E-state index in [9.17, 15) is 32.3 Å². The van der Waals surface area contributed by atoms with Crippen molar-refractivity contribution in [2.75, 3.05) is 20.6 Å². The van der Waals surface area contributed by atoms with Crippen LogP contribution in [-0.2, 0) is 11.0 Å². The second-order valence-electron chi connectivity index (χ2n) is 8.20. The van der Waals surface area contributed by atoms with E-state index in [1.165, 1.54) is 38.2 Å². The monoisotopic (exact) mass is 491 g/mol. The predicted molar refractivity (Wildman–Crippen MR) is 121 cm³/mol. The summed E-state index contributed by atoms with van der Waals surface area (Å²) < 4.78 is 40.7. The molecule has 35 heavy (non-hydrogen) atoms. The molecular weight excluding hydrogens is 467 g/mol. The molecule has 186 valence electrons. The Morgan fingerprint density at radius 1 is 1.17 bits per heavy atom. The van der Waals surface area contributed by atoms with Crippen LogP contribution in [0.25, 0.3) is 5.69 Å². The molecule has 12 heteroatoms. The standard InChI is InChI=1S/C23H24F3N5O4/c1-13-17(21(34)30(2)3)11-18(20(33)27-9-5-6-14-12-28-29-19(14)32)22(35)31(13)16-8-4-7-15(10-16)23(24,25)26/h4,7-8,10-12,14H,5-6,9H2,1-3H3,(H,27,33)(H,29,32). The third-order valence-corrected chi connectivity index (χ3v) is 5.50. The Morgan fingerprint density at radius 2 is 1.89 bits per heavy atom. The van der Waals surface area contributed by atoms with E-state index in [2.05, 4.69) is 15.8 Å². The van der Waals surface area contributed by atoms with Crippen LogP contribution in [0.5, 0.6) is 0 Å². The Labute approximate surface area is 198 Å². The molecule has 0 saturated heterocycles. The minimum absolute atomic E-state index is 0.00370. The summed E-state index contributed by atoms with van der Waals surface area (Å²) in [6, 6.07) is 5.24. The summed E-state index contributed by atoms with van der Waals surface area (Å²) in [4.78, 5) is 51.6. The highest BCUT2D eigenvalue weighted by atomic mass is 19.4. The number of nitrogens with one attached hydrogen (secondary N) is 2. The smallest absolute Gasteiger partial charge is 0.352 e. The molecule has 9 nitrogen and oxygen atoms in total. The molecule has 2 N–H and O–H groups in total. The number of carbonyl (C=O) groups is 3. The quantitative estimate of drug-likeness (QED) is 0.578. The summed E-state index contributed by atoms with van der Waals surface area (Å²) >= 11 is 0. The molecule has 0 aliphatic carbocycles. The minimum Gasteiger partial charge on any atom is -0.352 e. The van der Waals surface area contributed by atoms with Gasteiger partial charge in [-0.3, -0.25) is 23.7 Å². The van der Waals surface area contributed by atoms with E-state index < -0.39 is 40.6 Å². The molecule has 0 fully saturated rings. The molecular formula is C23H24F3N5O4. The number of carbonyl (C=O) groups excluding carboxylic acids is 3. The minimum atomic E-state index is -4.65. The lowest BCUT2D eigenvalue weighted by atomic mass is 10.0. The average Bonchev–Trinajstić information content (AvgIpc) is 3.20. The molecule has 2 heterocycles. The van der Waals surface area contributed by atoms with Crippen LogP contribution in [0.1, 0.15) is 44.8 Å². The van der Waals surface area contributed by atoms with Gasteiger partial charge in [-0.1, -0.05) is 6.07 Å². The van der Waals surface area contributed by atoms with E-state index in [1.54, 1.807) is 0 Å². The first-order valence-electron chi connectivity index (χ1n) is 10.7. The van der Waals surface area contributed by atoms with E-state index in [-0.39, 0.29) is 29.4 Å². The highest BCUT2D eigenvalue weighted by Gasteiger charge is 2.31. The van der Waals surface area contributed by atoms with Crippen molar-refractivity contribution < 1.29 is 27.6 Å². The number of hydrogen-bond acceptors (Lipinski definition) is 5. The van der Waals surface area contributed by atoms with Crippen molar-refractivity contribution in [2.24, 2.45) is 11.0 Å². The number of hydrogen-bond donors (Lipinski definition) is 2. The fraction of sp³-hybridized carbons (Fsp3) is 0.348. The third-order valence-electron chi connectivity index (χ3n) is 5.50. The number of hydrazone groups is 1. The van der Waals surface area contributed by atoms with Gasteiger partial charge in [-0.2, -0.15) is 18.3 Å². The van der Waals surface area contributed by atoms with Gasteiger partial charge in [0.1, 0.15) is 5.56 Å². The number of alkyl halides is 3. The SMILES string of the molecule is Cc1c(C(=O)N(C)C)cc(C(=O)NCCCC2C=NNC2=O)c(=O)n1-c1cccc(C(F)(F)F)c1. The predicted octanol–water partition coefficient (Wildman–Crippen LogP) is 2.11. The van der Waals surface area contributed by atoms with Gasteiger partial charge >= 0.3 is 6.18 Å².